The zero-order valence-corrected chi connectivity index (χ0v) is 5.55. The highest BCUT2D eigenvalue weighted by Crippen LogP contribution is 1.85. The van der Waals surface area contributed by atoms with Gasteiger partial charge in [-0.1, -0.05) is 28.7 Å². The van der Waals surface area contributed by atoms with Crippen molar-refractivity contribution in [2.24, 2.45) is 0 Å². The van der Waals surface area contributed by atoms with E-state index in [0.29, 0.717) is 0 Å². The van der Waals surface area contributed by atoms with E-state index < -0.39 is 0 Å². The van der Waals surface area contributed by atoms with E-state index >= 15 is 0 Å². The minimum absolute atomic E-state index is 0.263. The molecular formula is C4H7IO. The number of hydrogen-bond acceptors (Lipinski definition) is 1. The van der Waals surface area contributed by atoms with Crippen LogP contribution < -0.4 is 0 Å². The molecule has 0 aliphatic rings. The van der Waals surface area contributed by atoms with Gasteiger partial charge in [0, 0.05) is 6.61 Å². The Morgan fingerprint density at radius 1 is 1.67 bits per heavy atom. The molecule has 36 valence electrons. The lowest BCUT2D eigenvalue weighted by molar-refractivity contribution is 0.303. The molecule has 0 saturated carbocycles. The van der Waals surface area contributed by atoms with E-state index in [9.17, 15) is 0 Å². The zero-order chi connectivity index (χ0) is 4.83. The second-order valence-electron chi connectivity index (χ2n) is 0.874. The molecule has 2 heteroatoms. The SMILES string of the molecule is OCC/C=C/I. The van der Waals surface area contributed by atoms with Crippen LogP contribution in [0.15, 0.2) is 10.2 Å². The third kappa shape index (κ3) is 4.43. The molecule has 0 bridgehead atoms. The second-order valence-corrected chi connectivity index (χ2v) is 1.59. The quantitative estimate of drug-likeness (QED) is 0.663. The summed E-state index contributed by atoms with van der Waals surface area (Å²) in [6.45, 7) is 0.263. The maximum Gasteiger partial charge on any atom is 0.0465 e. The van der Waals surface area contributed by atoms with Gasteiger partial charge in [-0.3, -0.25) is 0 Å². The predicted molar refractivity (Wildman–Crippen MR) is 34.9 cm³/mol. The number of rotatable bonds is 2. The topological polar surface area (TPSA) is 20.2 Å². The molecule has 0 aromatic heterocycles. The molecule has 0 aliphatic carbocycles. The molecule has 0 aromatic carbocycles. The normalized spacial score (nSPS) is 10.3. The summed E-state index contributed by atoms with van der Waals surface area (Å²) < 4.78 is 1.90. The van der Waals surface area contributed by atoms with Crippen molar-refractivity contribution < 1.29 is 5.11 Å². The Labute approximate surface area is 51.2 Å². The minimum Gasteiger partial charge on any atom is -0.396 e. The highest BCUT2D eigenvalue weighted by Gasteiger charge is 1.66. The Bertz CT molecular complexity index is 42.8. The van der Waals surface area contributed by atoms with Gasteiger partial charge < -0.3 is 5.11 Å². The molecule has 0 aliphatic heterocycles. The Morgan fingerprint density at radius 3 is 2.50 bits per heavy atom. The van der Waals surface area contributed by atoms with Crippen LogP contribution in [0.1, 0.15) is 6.42 Å². The van der Waals surface area contributed by atoms with Crippen molar-refractivity contribution in [3.05, 3.63) is 10.2 Å². The van der Waals surface area contributed by atoms with Crippen molar-refractivity contribution in [1.82, 2.24) is 0 Å². The smallest absolute Gasteiger partial charge is 0.0465 e. The summed E-state index contributed by atoms with van der Waals surface area (Å²) in [6, 6.07) is 0. The highest BCUT2D eigenvalue weighted by atomic mass is 127. The van der Waals surface area contributed by atoms with Crippen LogP contribution in [0, 0.1) is 0 Å². The second kappa shape index (κ2) is 5.43. The molecule has 0 spiro atoms. The molecular weight excluding hydrogens is 191 g/mol. The first-order valence-corrected chi connectivity index (χ1v) is 3.02. The summed E-state index contributed by atoms with van der Waals surface area (Å²) in [6.07, 6.45) is 2.70. The summed E-state index contributed by atoms with van der Waals surface area (Å²) in [5, 5.41) is 8.14. The number of halogens is 1. The van der Waals surface area contributed by atoms with Gasteiger partial charge in [0.05, 0.1) is 0 Å². The van der Waals surface area contributed by atoms with Crippen LogP contribution in [0.25, 0.3) is 0 Å². The van der Waals surface area contributed by atoms with Gasteiger partial charge in [0.1, 0.15) is 0 Å². The first-order valence-electron chi connectivity index (χ1n) is 1.78. The first kappa shape index (κ1) is 6.43. The van der Waals surface area contributed by atoms with Crippen molar-refractivity contribution in [1.29, 1.82) is 0 Å². The van der Waals surface area contributed by atoms with E-state index in [1.807, 2.05) is 10.2 Å². The lowest BCUT2D eigenvalue weighted by Gasteiger charge is -1.75. The Balaban J connectivity index is 2.66. The van der Waals surface area contributed by atoms with Gasteiger partial charge in [-0.2, -0.15) is 0 Å². The highest BCUT2D eigenvalue weighted by molar-refractivity contribution is 14.1. The van der Waals surface area contributed by atoms with Crippen LogP contribution in [0.2, 0.25) is 0 Å². The van der Waals surface area contributed by atoms with Gasteiger partial charge >= 0.3 is 0 Å². The van der Waals surface area contributed by atoms with E-state index in [0.717, 1.165) is 6.42 Å². The van der Waals surface area contributed by atoms with Gasteiger partial charge in [-0.25, -0.2) is 0 Å². The maximum atomic E-state index is 8.14. The van der Waals surface area contributed by atoms with Crippen molar-refractivity contribution in [2.75, 3.05) is 6.61 Å². The third-order valence-electron chi connectivity index (χ3n) is 0.385. The van der Waals surface area contributed by atoms with E-state index in [-0.39, 0.29) is 6.61 Å². The Kier molecular flexibility index (Phi) is 5.82. The Morgan fingerprint density at radius 2 is 2.33 bits per heavy atom. The van der Waals surface area contributed by atoms with E-state index in [1.54, 1.807) is 0 Å². The van der Waals surface area contributed by atoms with Crippen LogP contribution in [0.4, 0.5) is 0 Å². The Hall–Kier alpha value is 0.430. The van der Waals surface area contributed by atoms with Gasteiger partial charge in [0.25, 0.3) is 0 Å². The van der Waals surface area contributed by atoms with Crippen molar-refractivity contribution >= 4 is 22.6 Å². The summed E-state index contributed by atoms with van der Waals surface area (Å²) in [5.41, 5.74) is 0. The van der Waals surface area contributed by atoms with Gasteiger partial charge in [-0.05, 0) is 10.5 Å². The van der Waals surface area contributed by atoms with Crippen LogP contribution in [0.5, 0.6) is 0 Å². The molecule has 0 heterocycles. The molecule has 0 atom stereocenters. The fraction of sp³-hybridized carbons (Fsp3) is 0.500. The lowest BCUT2D eigenvalue weighted by atomic mass is 10.5. The fourth-order valence-corrected chi connectivity index (χ4v) is 0.497. The predicted octanol–water partition coefficient (Wildman–Crippen LogP) is 1.32. The summed E-state index contributed by atoms with van der Waals surface area (Å²) in [7, 11) is 0. The van der Waals surface area contributed by atoms with Crippen LogP contribution in [-0.4, -0.2) is 11.7 Å². The van der Waals surface area contributed by atoms with E-state index in [1.165, 1.54) is 0 Å². The maximum absolute atomic E-state index is 8.14. The summed E-state index contributed by atoms with van der Waals surface area (Å²) >= 11 is 2.12. The van der Waals surface area contributed by atoms with E-state index in [2.05, 4.69) is 22.6 Å². The molecule has 0 saturated heterocycles. The largest absolute Gasteiger partial charge is 0.396 e. The number of aliphatic hydroxyl groups is 1. The molecule has 1 N–H and O–H groups in total. The van der Waals surface area contributed by atoms with Gasteiger partial charge in [0.2, 0.25) is 0 Å². The molecule has 0 fully saturated rings. The third-order valence-corrected chi connectivity index (χ3v) is 0.893. The van der Waals surface area contributed by atoms with Crippen LogP contribution in [0.3, 0.4) is 0 Å². The average molecular weight is 198 g/mol. The summed E-state index contributed by atoms with van der Waals surface area (Å²) in [5.74, 6) is 0. The average Bonchev–Trinajstić information content (AvgIpc) is 1.61. The lowest BCUT2D eigenvalue weighted by Crippen LogP contribution is -1.72. The van der Waals surface area contributed by atoms with Crippen LogP contribution in [-0.2, 0) is 0 Å². The molecule has 1 nitrogen and oxygen atoms in total. The minimum atomic E-state index is 0.263. The summed E-state index contributed by atoms with van der Waals surface area (Å²) in [4.78, 5) is 0. The van der Waals surface area contributed by atoms with Crippen LogP contribution >= 0.6 is 22.6 Å². The van der Waals surface area contributed by atoms with Crippen molar-refractivity contribution in [3.8, 4) is 0 Å². The van der Waals surface area contributed by atoms with Crippen molar-refractivity contribution in [2.45, 2.75) is 6.42 Å². The number of hydrogen-bond donors (Lipinski definition) is 1. The molecule has 0 rings (SSSR count). The zero-order valence-electron chi connectivity index (χ0n) is 3.39. The first-order chi connectivity index (χ1) is 2.91. The van der Waals surface area contributed by atoms with Gasteiger partial charge in [0.15, 0.2) is 0 Å². The van der Waals surface area contributed by atoms with Crippen molar-refractivity contribution in [3.63, 3.8) is 0 Å². The molecule has 0 radical (unpaired) electrons. The fourth-order valence-electron chi connectivity index (χ4n) is 0.138. The standard InChI is InChI=1S/C4H7IO/c5-3-1-2-4-6/h1,3,6H,2,4H2/b3-1+. The molecule has 6 heavy (non-hydrogen) atoms. The monoisotopic (exact) mass is 198 g/mol. The number of aliphatic hydroxyl groups excluding tert-OH is 1. The van der Waals surface area contributed by atoms with Gasteiger partial charge in [-0.15, -0.1) is 0 Å². The molecule has 0 aromatic rings. The van der Waals surface area contributed by atoms with E-state index in [4.69, 9.17) is 5.11 Å². The molecule has 0 amide bonds. The molecule has 0 unspecified atom stereocenters.